The molecule has 0 saturated heterocycles. The fraction of sp³-hybridized carbons (Fsp3) is 0.231. The highest BCUT2D eigenvalue weighted by atomic mass is 35.5. The minimum absolute atomic E-state index is 0.0401. The Hall–Kier alpha value is -3.13. The van der Waals surface area contributed by atoms with Crippen molar-refractivity contribution in [1.82, 2.24) is 9.88 Å². The second-order valence-electron chi connectivity index (χ2n) is 8.02. The molecule has 0 bridgehead atoms. The SMILES string of the molecule is COCCN(Cc1cc2cc3c(cc2nc1-c1cccc(Cl)c1)OCO3)C(=O)Cc1ccsc1. The topological polar surface area (TPSA) is 60.9 Å². The lowest BCUT2D eigenvalue weighted by Crippen LogP contribution is -2.34. The predicted molar refractivity (Wildman–Crippen MR) is 134 cm³/mol. The fourth-order valence-electron chi connectivity index (χ4n) is 3.99. The predicted octanol–water partition coefficient (Wildman–Crippen LogP) is 5.56. The molecule has 0 radical (unpaired) electrons. The van der Waals surface area contributed by atoms with Crippen LogP contribution in [-0.4, -0.2) is 42.8 Å². The Morgan fingerprint density at radius 3 is 2.79 bits per heavy atom. The van der Waals surface area contributed by atoms with Crippen LogP contribution in [-0.2, 0) is 22.5 Å². The Labute approximate surface area is 206 Å². The van der Waals surface area contributed by atoms with Gasteiger partial charge in [-0.05, 0) is 52.2 Å². The monoisotopic (exact) mass is 494 g/mol. The normalized spacial score (nSPS) is 12.3. The zero-order valence-corrected chi connectivity index (χ0v) is 20.2. The molecule has 1 aliphatic heterocycles. The number of methoxy groups -OCH3 is 1. The van der Waals surface area contributed by atoms with Crippen molar-refractivity contribution in [1.29, 1.82) is 0 Å². The largest absolute Gasteiger partial charge is 0.454 e. The molecule has 6 nitrogen and oxygen atoms in total. The number of nitrogens with zero attached hydrogens (tertiary/aromatic N) is 2. The molecule has 2 aromatic heterocycles. The second-order valence-corrected chi connectivity index (χ2v) is 9.24. The van der Waals surface area contributed by atoms with Gasteiger partial charge in [-0.15, -0.1) is 0 Å². The highest BCUT2D eigenvalue weighted by molar-refractivity contribution is 7.08. The van der Waals surface area contributed by atoms with Crippen LogP contribution in [0.2, 0.25) is 5.02 Å². The summed E-state index contributed by atoms with van der Waals surface area (Å²) in [4.78, 5) is 20.0. The van der Waals surface area contributed by atoms with E-state index in [1.165, 1.54) is 0 Å². The third-order valence-electron chi connectivity index (χ3n) is 5.70. The van der Waals surface area contributed by atoms with Crippen molar-refractivity contribution in [2.24, 2.45) is 0 Å². The number of pyridine rings is 1. The third-order valence-corrected chi connectivity index (χ3v) is 6.67. The Bertz CT molecular complexity index is 1330. The molecule has 0 spiro atoms. The van der Waals surface area contributed by atoms with E-state index in [0.717, 1.165) is 33.3 Å². The molecule has 4 aromatic rings. The minimum Gasteiger partial charge on any atom is -0.454 e. The Kier molecular flexibility index (Phi) is 6.67. The number of halogens is 1. The van der Waals surface area contributed by atoms with E-state index in [9.17, 15) is 4.79 Å². The molecule has 0 atom stereocenters. The van der Waals surface area contributed by atoms with Crippen LogP contribution >= 0.6 is 22.9 Å². The fourth-order valence-corrected chi connectivity index (χ4v) is 4.85. The lowest BCUT2D eigenvalue weighted by molar-refractivity contribution is -0.131. The van der Waals surface area contributed by atoms with E-state index in [1.807, 2.05) is 58.1 Å². The molecule has 1 amide bonds. The first-order valence-electron chi connectivity index (χ1n) is 10.9. The quantitative estimate of drug-likeness (QED) is 0.321. The van der Waals surface area contributed by atoms with Gasteiger partial charge in [-0.25, -0.2) is 4.98 Å². The summed E-state index contributed by atoms with van der Waals surface area (Å²) in [6, 6.07) is 15.5. The number of hydrogen-bond acceptors (Lipinski definition) is 6. The molecule has 1 aliphatic rings. The van der Waals surface area contributed by atoms with Gasteiger partial charge in [0.1, 0.15) is 0 Å². The zero-order valence-electron chi connectivity index (χ0n) is 18.6. The maximum absolute atomic E-state index is 13.2. The van der Waals surface area contributed by atoms with Crippen molar-refractivity contribution < 1.29 is 19.0 Å². The van der Waals surface area contributed by atoms with Gasteiger partial charge in [0.05, 0.1) is 24.2 Å². The molecular formula is C26H23ClN2O4S. The molecule has 0 saturated carbocycles. The number of aromatic nitrogens is 1. The van der Waals surface area contributed by atoms with Crippen molar-refractivity contribution >= 4 is 39.7 Å². The number of benzene rings is 2. The molecule has 5 rings (SSSR count). The lowest BCUT2D eigenvalue weighted by Gasteiger charge is -2.24. The van der Waals surface area contributed by atoms with Crippen LogP contribution in [0.15, 0.2) is 59.3 Å². The minimum atomic E-state index is 0.0401. The molecule has 2 aromatic carbocycles. The van der Waals surface area contributed by atoms with Crippen LogP contribution in [0.25, 0.3) is 22.2 Å². The van der Waals surface area contributed by atoms with E-state index in [2.05, 4.69) is 6.07 Å². The molecule has 3 heterocycles. The van der Waals surface area contributed by atoms with E-state index in [4.69, 9.17) is 30.8 Å². The first-order chi connectivity index (χ1) is 16.6. The summed E-state index contributed by atoms with van der Waals surface area (Å²) in [7, 11) is 1.64. The van der Waals surface area contributed by atoms with Crippen LogP contribution in [0.3, 0.4) is 0 Å². The highest BCUT2D eigenvalue weighted by Crippen LogP contribution is 2.37. The van der Waals surface area contributed by atoms with Gasteiger partial charge >= 0.3 is 0 Å². The molecule has 34 heavy (non-hydrogen) atoms. The summed E-state index contributed by atoms with van der Waals surface area (Å²) >= 11 is 7.89. The number of carbonyl (C=O) groups is 1. The van der Waals surface area contributed by atoms with Gasteiger partial charge in [0.15, 0.2) is 11.5 Å². The van der Waals surface area contributed by atoms with Gasteiger partial charge in [-0.1, -0.05) is 23.7 Å². The maximum atomic E-state index is 13.2. The van der Waals surface area contributed by atoms with Crippen molar-refractivity contribution in [3.05, 3.63) is 75.4 Å². The maximum Gasteiger partial charge on any atom is 0.231 e. The Morgan fingerprint density at radius 2 is 2.03 bits per heavy atom. The van der Waals surface area contributed by atoms with E-state index in [1.54, 1.807) is 18.4 Å². The van der Waals surface area contributed by atoms with E-state index < -0.39 is 0 Å². The first kappa shape index (κ1) is 22.7. The smallest absolute Gasteiger partial charge is 0.231 e. The van der Waals surface area contributed by atoms with Crippen molar-refractivity contribution in [3.8, 4) is 22.8 Å². The molecule has 174 valence electrons. The molecule has 0 aliphatic carbocycles. The third kappa shape index (κ3) is 4.87. The van der Waals surface area contributed by atoms with Gasteiger partial charge in [-0.3, -0.25) is 4.79 Å². The van der Waals surface area contributed by atoms with E-state index in [0.29, 0.717) is 42.6 Å². The standard InChI is InChI=1S/C26H23ClN2O4S/c1-31-7-6-29(25(30)9-17-5-8-34-15-17)14-20-10-19-12-23-24(33-16-32-23)13-22(19)28-26(20)18-3-2-4-21(27)11-18/h2-5,8,10-13,15H,6-7,9,14,16H2,1H3. The van der Waals surface area contributed by atoms with Crippen LogP contribution in [0.1, 0.15) is 11.1 Å². The zero-order chi connectivity index (χ0) is 23.5. The molecule has 0 unspecified atom stereocenters. The van der Waals surface area contributed by atoms with Crippen LogP contribution < -0.4 is 9.47 Å². The number of ether oxygens (including phenoxy) is 3. The summed E-state index contributed by atoms with van der Waals surface area (Å²) in [5.74, 6) is 1.41. The number of fused-ring (bicyclic) bond motifs is 2. The summed E-state index contributed by atoms with van der Waals surface area (Å²) < 4.78 is 16.4. The number of thiophene rings is 1. The average molecular weight is 495 g/mol. The summed E-state index contributed by atoms with van der Waals surface area (Å²) in [5.41, 5.74) is 4.38. The van der Waals surface area contributed by atoms with Gasteiger partial charge in [0.2, 0.25) is 12.7 Å². The number of amides is 1. The summed E-state index contributed by atoms with van der Waals surface area (Å²) in [5, 5.41) is 5.53. The number of rotatable bonds is 8. The Balaban J connectivity index is 1.56. The van der Waals surface area contributed by atoms with Gasteiger partial charge < -0.3 is 19.1 Å². The average Bonchev–Trinajstić information content (AvgIpc) is 3.51. The highest BCUT2D eigenvalue weighted by Gasteiger charge is 2.21. The Morgan fingerprint density at radius 1 is 1.18 bits per heavy atom. The number of hydrogen-bond donors (Lipinski definition) is 0. The lowest BCUT2D eigenvalue weighted by atomic mass is 10.0. The molecular weight excluding hydrogens is 472 g/mol. The van der Waals surface area contributed by atoms with Gasteiger partial charge in [0, 0.05) is 42.2 Å². The molecule has 0 fully saturated rings. The van der Waals surface area contributed by atoms with Gasteiger partial charge in [-0.2, -0.15) is 11.3 Å². The van der Waals surface area contributed by atoms with Crippen molar-refractivity contribution in [2.45, 2.75) is 13.0 Å². The van der Waals surface area contributed by atoms with E-state index >= 15 is 0 Å². The summed E-state index contributed by atoms with van der Waals surface area (Å²) in [6.07, 6.45) is 0.347. The van der Waals surface area contributed by atoms with Crippen LogP contribution in [0, 0.1) is 0 Å². The molecule has 0 N–H and O–H groups in total. The van der Waals surface area contributed by atoms with Crippen molar-refractivity contribution in [2.75, 3.05) is 27.1 Å². The summed E-state index contributed by atoms with van der Waals surface area (Å²) in [6.45, 7) is 1.52. The van der Waals surface area contributed by atoms with Crippen molar-refractivity contribution in [3.63, 3.8) is 0 Å². The van der Waals surface area contributed by atoms with Crippen LogP contribution in [0.4, 0.5) is 0 Å². The molecule has 8 heteroatoms. The second kappa shape index (κ2) is 10.0. The van der Waals surface area contributed by atoms with Crippen LogP contribution in [0.5, 0.6) is 11.5 Å². The first-order valence-corrected chi connectivity index (χ1v) is 12.2. The van der Waals surface area contributed by atoms with E-state index in [-0.39, 0.29) is 12.7 Å². The van der Waals surface area contributed by atoms with Gasteiger partial charge in [0.25, 0.3) is 0 Å². The number of carbonyl (C=O) groups excluding carboxylic acids is 1.